The van der Waals surface area contributed by atoms with Gasteiger partial charge < -0.3 is 0 Å². The minimum Gasteiger partial charge on any atom is -0.257 e. The van der Waals surface area contributed by atoms with Crippen molar-refractivity contribution in [3.8, 4) is 0 Å². The summed E-state index contributed by atoms with van der Waals surface area (Å²) < 4.78 is 2.13. The van der Waals surface area contributed by atoms with E-state index in [1.807, 2.05) is 11.3 Å². The van der Waals surface area contributed by atoms with Crippen LogP contribution in [-0.4, -0.2) is 24.8 Å². The molecule has 4 rings (SSSR count). The van der Waals surface area contributed by atoms with Crippen LogP contribution in [0, 0.1) is 6.92 Å². The first-order valence-electron chi connectivity index (χ1n) is 7.48. The second-order valence-electron chi connectivity index (χ2n) is 5.86. The van der Waals surface area contributed by atoms with Crippen LogP contribution in [0.15, 0.2) is 5.16 Å². The molecule has 0 aromatic carbocycles. The Morgan fingerprint density at radius 1 is 1.19 bits per heavy atom. The summed E-state index contributed by atoms with van der Waals surface area (Å²) in [7, 11) is 0. The molecule has 3 aromatic rings. The van der Waals surface area contributed by atoms with Crippen molar-refractivity contribution < 1.29 is 0 Å². The van der Waals surface area contributed by atoms with Crippen LogP contribution in [0.3, 0.4) is 0 Å². The normalized spacial score (nSPS) is 15.2. The first kappa shape index (κ1) is 13.5. The van der Waals surface area contributed by atoms with E-state index in [4.69, 9.17) is 4.98 Å². The van der Waals surface area contributed by atoms with Crippen molar-refractivity contribution in [3.05, 3.63) is 16.3 Å². The summed E-state index contributed by atoms with van der Waals surface area (Å²) in [6.45, 7) is 6.41. The van der Waals surface area contributed by atoms with Crippen molar-refractivity contribution in [2.24, 2.45) is 0 Å². The Bertz CT molecular complexity index is 831. The number of rotatable bonds is 2. The quantitative estimate of drug-likeness (QED) is 0.669. The van der Waals surface area contributed by atoms with Crippen molar-refractivity contribution in [3.63, 3.8) is 0 Å². The van der Waals surface area contributed by atoms with E-state index < -0.39 is 0 Å². The van der Waals surface area contributed by atoms with Gasteiger partial charge in [-0.15, -0.1) is 21.5 Å². The summed E-state index contributed by atoms with van der Waals surface area (Å²) in [6, 6.07) is 0. The molecule has 0 bridgehead atoms. The maximum absolute atomic E-state index is 4.84. The van der Waals surface area contributed by atoms with Crippen LogP contribution in [-0.2, 0) is 12.8 Å². The molecule has 4 nitrogen and oxygen atoms in total. The number of hydrogen-bond acceptors (Lipinski definition) is 5. The standard InChI is InChI=1S/C15H18N4S2/c1-8(2)20-15-18-17-13-12-10-6-4-5-7-11(10)21-14(12)16-9(3)19(13)15/h8H,4-7H2,1-3H3. The molecule has 1 aliphatic rings. The lowest BCUT2D eigenvalue weighted by atomic mass is 9.97. The van der Waals surface area contributed by atoms with Gasteiger partial charge in [0.25, 0.3) is 0 Å². The average molecular weight is 318 g/mol. The number of nitrogens with zero attached hydrogens (tertiary/aromatic N) is 4. The van der Waals surface area contributed by atoms with E-state index in [0.717, 1.165) is 27.9 Å². The Balaban J connectivity index is 2.04. The molecule has 110 valence electrons. The van der Waals surface area contributed by atoms with Gasteiger partial charge in [-0.25, -0.2) is 4.98 Å². The lowest BCUT2D eigenvalue weighted by molar-refractivity contribution is 0.700. The summed E-state index contributed by atoms with van der Waals surface area (Å²) in [6.07, 6.45) is 4.94. The number of thiophene rings is 1. The second-order valence-corrected chi connectivity index (χ2v) is 8.49. The molecule has 3 heterocycles. The van der Waals surface area contributed by atoms with E-state index in [1.165, 1.54) is 35.1 Å². The largest absolute Gasteiger partial charge is 0.257 e. The van der Waals surface area contributed by atoms with Gasteiger partial charge in [0, 0.05) is 10.1 Å². The van der Waals surface area contributed by atoms with Crippen LogP contribution in [0.25, 0.3) is 15.9 Å². The Labute approximate surface area is 132 Å². The van der Waals surface area contributed by atoms with Crippen molar-refractivity contribution in [1.82, 2.24) is 19.6 Å². The molecule has 0 saturated heterocycles. The van der Waals surface area contributed by atoms with Gasteiger partial charge >= 0.3 is 0 Å². The Morgan fingerprint density at radius 3 is 2.81 bits per heavy atom. The van der Waals surface area contributed by atoms with Gasteiger partial charge in [-0.2, -0.15) is 0 Å². The van der Waals surface area contributed by atoms with Gasteiger partial charge in [0.1, 0.15) is 10.7 Å². The fourth-order valence-electron chi connectivity index (χ4n) is 3.07. The molecule has 0 spiro atoms. The monoisotopic (exact) mass is 318 g/mol. The lowest BCUT2D eigenvalue weighted by Gasteiger charge is -2.10. The molecule has 21 heavy (non-hydrogen) atoms. The highest BCUT2D eigenvalue weighted by atomic mass is 32.2. The molecule has 0 radical (unpaired) electrons. The summed E-state index contributed by atoms with van der Waals surface area (Å²) >= 11 is 3.60. The Hall–Kier alpha value is -1.14. The zero-order chi connectivity index (χ0) is 14.6. The highest BCUT2D eigenvalue weighted by Gasteiger charge is 2.22. The van der Waals surface area contributed by atoms with E-state index in [9.17, 15) is 0 Å². The third-order valence-electron chi connectivity index (χ3n) is 3.94. The lowest BCUT2D eigenvalue weighted by Crippen LogP contribution is -2.01. The van der Waals surface area contributed by atoms with Crippen molar-refractivity contribution in [2.75, 3.05) is 0 Å². The Kier molecular flexibility index (Phi) is 3.19. The van der Waals surface area contributed by atoms with Crippen molar-refractivity contribution >= 4 is 39.0 Å². The van der Waals surface area contributed by atoms with Gasteiger partial charge in [-0.1, -0.05) is 25.6 Å². The molecular weight excluding hydrogens is 300 g/mol. The zero-order valence-electron chi connectivity index (χ0n) is 12.5. The molecule has 0 N–H and O–H groups in total. The SMILES string of the molecule is Cc1nc2sc3c(c2c2nnc(SC(C)C)n12)CCCC3. The molecule has 3 aromatic heterocycles. The third kappa shape index (κ3) is 2.07. The minimum atomic E-state index is 0.490. The van der Waals surface area contributed by atoms with Crippen LogP contribution in [0.4, 0.5) is 0 Å². The topological polar surface area (TPSA) is 43.1 Å². The molecule has 0 saturated carbocycles. The molecule has 0 amide bonds. The van der Waals surface area contributed by atoms with Crippen LogP contribution >= 0.6 is 23.1 Å². The van der Waals surface area contributed by atoms with Crippen LogP contribution in [0.1, 0.15) is 43.0 Å². The van der Waals surface area contributed by atoms with E-state index in [1.54, 1.807) is 11.8 Å². The number of hydrogen-bond donors (Lipinski definition) is 0. The summed E-state index contributed by atoms with van der Waals surface area (Å²) in [4.78, 5) is 7.49. The zero-order valence-corrected chi connectivity index (χ0v) is 14.1. The van der Waals surface area contributed by atoms with E-state index in [-0.39, 0.29) is 0 Å². The maximum Gasteiger partial charge on any atom is 0.197 e. The van der Waals surface area contributed by atoms with Gasteiger partial charge in [0.15, 0.2) is 10.8 Å². The highest BCUT2D eigenvalue weighted by Crippen LogP contribution is 2.38. The van der Waals surface area contributed by atoms with Gasteiger partial charge in [0.2, 0.25) is 0 Å². The first-order valence-corrected chi connectivity index (χ1v) is 9.17. The molecule has 0 fully saturated rings. The van der Waals surface area contributed by atoms with Gasteiger partial charge in [-0.3, -0.25) is 4.40 Å². The third-order valence-corrected chi connectivity index (χ3v) is 6.07. The minimum absolute atomic E-state index is 0.490. The molecule has 0 unspecified atom stereocenters. The van der Waals surface area contributed by atoms with Crippen LogP contribution in [0.5, 0.6) is 0 Å². The molecule has 6 heteroatoms. The number of thioether (sulfide) groups is 1. The molecule has 0 atom stereocenters. The fraction of sp³-hybridized carbons (Fsp3) is 0.533. The predicted molar refractivity (Wildman–Crippen MR) is 88.5 cm³/mol. The fourth-order valence-corrected chi connectivity index (χ4v) is 5.20. The van der Waals surface area contributed by atoms with Crippen LogP contribution < -0.4 is 0 Å². The summed E-state index contributed by atoms with van der Waals surface area (Å²) in [5, 5.41) is 11.6. The number of aromatic nitrogens is 4. The van der Waals surface area contributed by atoms with E-state index >= 15 is 0 Å². The smallest absolute Gasteiger partial charge is 0.197 e. The van der Waals surface area contributed by atoms with Crippen LogP contribution in [0.2, 0.25) is 0 Å². The summed E-state index contributed by atoms with van der Waals surface area (Å²) in [5.74, 6) is 0.990. The molecular formula is C15H18N4S2. The molecule has 1 aliphatic carbocycles. The van der Waals surface area contributed by atoms with E-state index in [0.29, 0.717) is 5.25 Å². The van der Waals surface area contributed by atoms with Crippen molar-refractivity contribution in [2.45, 2.75) is 56.9 Å². The maximum atomic E-state index is 4.84. The van der Waals surface area contributed by atoms with Crippen molar-refractivity contribution in [1.29, 1.82) is 0 Å². The second kappa shape index (κ2) is 4.95. The summed E-state index contributed by atoms with van der Waals surface area (Å²) in [5.41, 5.74) is 2.48. The van der Waals surface area contributed by atoms with Gasteiger partial charge in [0.05, 0.1) is 5.39 Å². The Morgan fingerprint density at radius 2 is 2.00 bits per heavy atom. The molecule has 0 aliphatic heterocycles. The van der Waals surface area contributed by atoms with Gasteiger partial charge in [-0.05, 0) is 38.2 Å². The average Bonchev–Trinajstić information content (AvgIpc) is 2.99. The number of fused-ring (bicyclic) bond motifs is 5. The van der Waals surface area contributed by atoms with E-state index in [2.05, 4.69) is 35.4 Å². The number of aryl methyl sites for hydroxylation is 3. The highest BCUT2D eigenvalue weighted by molar-refractivity contribution is 7.99. The predicted octanol–water partition coefficient (Wildman–Crippen LogP) is 4.03. The first-order chi connectivity index (χ1) is 10.1.